The van der Waals surface area contributed by atoms with E-state index in [0.717, 1.165) is 0 Å². The van der Waals surface area contributed by atoms with Crippen LogP contribution in [0.15, 0.2) is 48.5 Å². The van der Waals surface area contributed by atoms with Gasteiger partial charge in [-0.05, 0) is 37.3 Å². The molecule has 1 atom stereocenters. The number of hydrogen-bond donors (Lipinski definition) is 2. The molecule has 3 rings (SSSR count). The number of anilines is 2. The lowest BCUT2D eigenvalue weighted by atomic mass is 10.1. The van der Waals surface area contributed by atoms with Gasteiger partial charge in [-0.15, -0.1) is 0 Å². The molecule has 9 heteroatoms. The SMILES string of the molecule is CC1Oc2ccc(C(=O)CS(=O)(=O)CC(=O)Nc3ccccc3)cc2NC1=O. The number of amides is 2. The molecule has 0 saturated carbocycles. The summed E-state index contributed by atoms with van der Waals surface area (Å²) in [5, 5.41) is 5.07. The van der Waals surface area contributed by atoms with Crippen LogP contribution < -0.4 is 15.4 Å². The van der Waals surface area contributed by atoms with Gasteiger partial charge in [0, 0.05) is 11.3 Å². The van der Waals surface area contributed by atoms with Gasteiger partial charge in [0.15, 0.2) is 21.7 Å². The Kier molecular flexibility index (Phi) is 5.46. The first-order valence-corrected chi connectivity index (χ1v) is 10.3. The molecule has 0 radical (unpaired) electrons. The minimum Gasteiger partial charge on any atom is -0.479 e. The molecular weight excluding hydrogens is 384 g/mol. The van der Waals surface area contributed by atoms with E-state index in [-0.39, 0.29) is 11.5 Å². The zero-order chi connectivity index (χ0) is 20.3. The summed E-state index contributed by atoms with van der Waals surface area (Å²) in [6, 6.07) is 12.7. The standard InChI is InChI=1S/C19H18N2O6S/c1-12-19(24)21-15-9-13(7-8-17(15)27-12)16(22)10-28(25,26)11-18(23)20-14-5-3-2-4-6-14/h2-9,12H,10-11H2,1H3,(H,20,23)(H,21,24). The van der Waals surface area contributed by atoms with Crippen molar-refractivity contribution in [2.45, 2.75) is 13.0 Å². The van der Waals surface area contributed by atoms with Crippen LogP contribution in [-0.2, 0) is 19.4 Å². The van der Waals surface area contributed by atoms with Crippen LogP contribution >= 0.6 is 0 Å². The van der Waals surface area contributed by atoms with Gasteiger partial charge in [0.05, 0.1) is 5.69 Å². The summed E-state index contributed by atoms with van der Waals surface area (Å²) in [7, 11) is -3.97. The monoisotopic (exact) mass is 402 g/mol. The number of para-hydroxylation sites is 1. The fourth-order valence-electron chi connectivity index (χ4n) is 2.63. The van der Waals surface area contributed by atoms with Gasteiger partial charge in [0.2, 0.25) is 5.91 Å². The van der Waals surface area contributed by atoms with Crippen LogP contribution in [0.3, 0.4) is 0 Å². The topological polar surface area (TPSA) is 119 Å². The number of carbonyl (C=O) groups excluding carboxylic acids is 3. The molecule has 146 valence electrons. The number of carbonyl (C=O) groups is 3. The summed E-state index contributed by atoms with van der Waals surface area (Å²) in [6.45, 7) is 1.59. The summed E-state index contributed by atoms with van der Waals surface area (Å²) in [4.78, 5) is 36.0. The van der Waals surface area contributed by atoms with Crippen molar-refractivity contribution in [3.05, 3.63) is 54.1 Å². The predicted molar refractivity (Wildman–Crippen MR) is 103 cm³/mol. The molecule has 2 N–H and O–H groups in total. The van der Waals surface area contributed by atoms with Gasteiger partial charge in [-0.3, -0.25) is 14.4 Å². The number of hydrogen-bond acceptors (Lipinski definition) is 6. The van der Waals surface area contributed by atoms with E-state index in [1.807, 2.05) is 0 Å². The number of fused-ring (bicyclic) bond motifs is 1. The lowest BCUT2D eigenvalue weighted by Crippen LogP contribution is -2.34. The fraction of sp³-hybridized carbons (Fsp3) is 0.211. The maximum absolute atomic E-state index is 12.4. The molecule has 2 amide bonds. The van der Waals surface area contributed by atoms with Crippen LogP contribution in [0.25, 0.3) is 0 Å². The predicted octanol–water partition coefficient (Wildman–Crippen LogP) is 1.64. The summed E-state index contributed by atoms with van der Waals surface area (Å²) in [5.41, 5.74) is 0.867. The number of ether oxygens (including phenoxy) is 1. The van der Waals surface area contributed by atoms with Crippen molar-refractivity contribution >= 4 is 38.8 Å². The Morgan fingerprint density at radius 2 is 1.82 bits per heavy atom. The molecule has 0 bridgehead atoms. The maximum atomic E-state index is 12.4. The molecule has 1 unspecified atom stereocenters. The van der Waals surface area contributed by atoms with Gasteiger partial charge in [-0.1, -0.05) is 18.2 Å². The lowest BCUT2D eigenvalue weighted by Gasteiger charge is -2.23. The van der Waals surface area contributed by atoms with Gasteiger partial charge in [0.1, 0.15) is 17.3 Å². The summed E-state index contributed by atoms with van der Waals surface area (Å²) < 4.78 is 29.8. The Labute approximate surface area is 161 Å². The first-order valence-electron chi connectivity index (χ1n) is 8.43. The molecule has 0 saturated heterocycles. The Balaban J connectivity index is 1.66. The Morgan fingerprint density at radius 1 is 1.11 bits per heavy atom. The molecule has 1 heterocycles. The number of benzene rings is 2. The van der Waals surface area contributed by atoms with Gasteiger partial charge in [-0.2, -0.15) is 0 Å². The highest BCUT2D eigenvalue weighted by atomic mass is 32.2. The summed E-state index contributed by atoms with van der Waals surface area (Å²) >= 11 is 0. The third-order valence-electron chi connectivity index (χ3n) is 3.99. The van der Waals surface area contributed by atoms with Crippen molar-refractivity contribution in [3.8, 4) is 5.75 Å². The van der Waals surface area contributed by atoms with Crippen LogP contribution in [0.2, 0.25) is 0 Å². The van der Waals surface area contributed by atoms with E-state index < -0.39 is 39.1 Å². The number of nitrogens with one attached hydrogen (secondary N) is 2. The Hall–Kier alpha value is -3.20. The zero-order valence-electron chi connectivity index (χ0n) is 15.0. The minimum atomic E-state index is -3.97. The largest absolute Gasteiger partial charge is 0.479 e. The molecule has 0 aliphatic carbocycles. The second-order valence-corrected chi connectivity index (χ2v) is 8.39. The number of ketones is 1. The first kappa shape index (κ1) is 19.6. The highest BCUT2D eigenvalue weighted by Crippen LogP contribution is 2.30. The average Bonchev–Trinajstić information content (AvgIpc) is 2.62. The molecule has 1 aliphatic heterocycles. The van der Waals surface area contributed by atoms with Crippen molar-refractivity contribution < 1.29 is 27.5 Å². The molecular formula is C19H18N2O6S. The molecule has 2 aromatic rings. The van der Waals surface area contributed by atoms with E-state index in [2.05, 4.69) is 10.6 Å². The van der Waals surface area contributed by atoms with Gasteiger partial charge >= 0.3 is 0 Å². The highest BCUT2D eigenvalue weighted by molar-refractivity contribution is 7.92. The van der Waals surface area contributed by atoms with Gasteiger partial charge in [-0.25, -0.2) is 8.42 Å². The third kappa shape index (κ3) is 4.74. The number of rotatable bonds is 6. The fourth-order valence-corrected chi connectivity index (χ4v) is 3.77. The van der Waals surface area contributed by atoms with E-state index in [1.165, 1.54) is 18.2 Å². The molecule has 2 aromatic carbocycles. The summed E-state index contributed by atoms with van der Waals surface area (Å²) in [6.07, 6.45) is -0.655. The minimum absolute atomic E-state index is 0.101. The lowest BCUT2D eigenvalue weighted by molar-refractivity contribution is -0.122. The molecule has 0 spiro atoms. The van der Waals surface area contributed by atoms with Crippen molar-refractivity contribution in [2.75, 3.05) is 22.1 Å². The molecule has 0 fully saturated rings. The van der Waals surface area contributed by atoms with Crippen LogP contribution in [0.4, 0.5) is 11.4 Å². The zero-order valence-corrected chi connectivity index (χ0v) is 15.8. The van der Waals surface area contributed by atoms with Crippen molar-refractivity contribution in [1.82, 2.24) is 0 Å². The normalized spacial score (nSPS) is 15.8. The number of Topliss-reactive ketones (excluding diaryl/α,β-unsaturated/α-hetero) is 1. The second-order valence-electron chi connectivity index (χ2n) is 6.33. The summed E-state index contributed by atoms with van der Waals surface area (Å²) in [5.74, 6) is -2.99. The average molecular weight is 402 g/mol. The van der Waals surface area contributed by atoms with E-state index in [9.17, 15) is 22.8 Å². The van der Waals surface area contributed by atoms with E-state index >= 15 is 0 Å². The Morgan fingerprint density at radius 3 is 2.54 bits per heavy atom. The molecule has 1 aliphatic rings. The van der Waals surface area contributed by atoms with E-state index in [4.69, 9.17) is 4.74 Å². The maximum Gasteiger partial charge on any atom is 0.265 e. The van der Waals surface area contributed by atoms with Crippen LogP contribution in [-0.4, -0.2) is 43.6 Å². The Bertz CT molecular complexity index is 1030. The molecule has 0 aromatic heterocycles. The van der Waals surface area contributed by atoms with Crippen LogP contribution in [0, 0.1) is 0 Å². The van der Waals surface area contributed by atoms with Crippen molar-refractivity contribution in [3.63, 3.8) is 0 Å². The van der Waals surface area contributed by atoms with Crippen molar-refractivity contribution in [1.29, 1.82) is 0 Å². The van der Waals surface area contributed by atoms with Gasteiger partial charge < -0.3 is 15.4 Å². The van der Waals surface area contributed by atoms with Crippen LogP contribution in [0.1, 0.15) is 17.3 Å². The first-order chi connectivity index (χ1) is 13.2. The van der Waals surface area contributed by atoms with E-state index in [0.29, 0.717) is 17.1 Å². The smallest absolute Gasteiger partial charge is 0.265 e. The number of sulfone groups is 1. The van der Waals surface area contributed by atoms with Crippen LogP contribution in [0.5, 0.6) is 5.75 Å². The molecule has 28 heavy (non-hydrogen) atoms. The third-order valence-corrected chi connectivity index (χ3v) is 5.40. The van der Waals surface area contributed by atoms with Crippen molar-refractivity contribution in [2.24, 2.45) is 0 Å². The molecule has 8 nitrogen and oxygen atoms in total. The van der Waals surface area contributed by atoms with E-state index in [1.54, 1.807) is 37.3 Å². The highest BCUT2D eigenvalue weighted by Gasteiger charge is 2.26. The second kappa shape index (κ2) is 7.81. The quantitative estimate of drug-likeness (QED) is 0.709. The van der Waals surface area contributed by atoms with Gasteiger partial charge in [0.25, 0.3) is 5.91 Å².